The molecule has 0 rings (SSSR count). The average molecular weight is 258 g/mol. The second-order valence-electron chi connectivity index (χ2n) is 5.88. The Morgan fingerprint density at radius 3 is 2.22 bits per heavy atom. The average Bonchev–Trinajstić information content (AvgIpc) is 2.23. The molecule has 0 aromatic carbocycles. The summed E-state index contributed by atoms with van der Waals surface area (Å²) >= 11 is 0. The molecular formula is C13H26N2O3. The third-order valence-electron chi connectivity index (χ3n) is 3.04. The fourth-order valence-corrected chi connectivity index (χ4v) is 1.37. The van der Waals surface area contributed by atoms with Crippen molar-refractivity contribution in [3.05, 3.63) is 0 Å². The number of carboxylic acids is 1. The van der Waals surface area contributed by atoms with Gasteiger partial charge in [-0.25, -0.2) is 4.79 Å². The Bertz CT molecular complexity index is 284. The molecule has 0 aromatic rings. The third kappa shape index (κ3) is 7.14. The number of carboxylic acid groups (broad SMARTS) is 1. The second kappa shape index (κ2) is 7.24. The van der Waals surface area contributed by atoms with Gasteiger partial charge in [-0.1, -0.05) is 41.0 Å². The van der Waals surface area contributed by atoms with E-state index in [1.165, 1.54) is 0 Å². The molecule has 0 aliphatic rings. The summed E-state index contributed by atoms with van der Waals surface area (Å²) in [7, 11) is 0. The first kappa shape index (κ1) is 16.7. The highest BCUT2D eigenvalue weighted by atomic mass is 16.4. The first-order valence-electron chi connectivity index (χ1n) is 6.43. The van der Waals surface area contributed by atoms with Crippen LogP contribution in [0.5, 0.6) is 0 Å². The van der Waals surface area contributed by atoms with Crippen LogP contribution in [0.4, 0.5) is 4.79 Å². The highest BCUT2D eigenvalue weighted by Crippen LogP contribution is 2.21. The summed E-state index contributed by atoms with van der Waals surface area (Å²) in [6.45, 7) is 10.5. The third-order valence-corrected chi connectivity index (χ3v) is 3.04. The Balaban J connectivity index is 4.32. The summed E-state index contributed by atoms with van der Waals surface area (Å²) in [5, 5.41) is 14.3. The molecule has 0 saturated carbocycles. The number of amides is 2. The van der Waals surface area contributed by atoms with Crippen molar-refractivity contribution in [1.29, 1.82) is 0 Å². The molecule has 0 bridgehead atoms. The summed E-state index contributed by atoms with van der Waals surface area (Å²) in [4.78, 5) is 22.5. The standard InChI is InChI=1S/C13H26N2O3/c1-6-9(2)8-14-12(18)15-10(7-11(16)17)13(3,4)5/h9-10H,6-8H2,1-5H3,(H,16,17)(H2,14,15,18). The van der Waals surface area contributed by atoms with Gasteiger partial charge in [0, 0.05) is 12.6 Å². The zero-order valence-corrected chi connectivity index (χ0v) is 12.0. The molecule has 0 saturated heterocycles. The predicted octanol–water partition coefficient (Wildman–Crippen LogP) is 2.22. The van der Waals surface area contributed by atoms with E-state index in [1.54, 1.807) is 0 Å². The Hall–Kier alpha value is -1.26. The van der Waals surface area contributed by atoms with E-state index in [2.05, 4.69) is 24.5 Å². The molecule has 5 heteroatoms. The molecule has 0 aromatic heterocycles. The SMILES string of the molecule is CCC(C)CNC(=O)NC(CC(=O)O)C(C)(C)C. The second-order valence-corrected chi connectivity index (χ2v) is 5.88. The van der Waals surface area contributed by atoms with Gasteiger partial charge in [-0.3, -0.25) is 4.79 Å². The van der Waals surface area contributed by atoms with Crippen LogP contribution < -0.4 is 10.6 Å². The number of hydrogen-bond donors (Lipinski definition) is 3. The first-order chi connectivity index (χ1) is 8.16. The van der Waals surface area contributed by atoms with Gasteiger partial charge in [0.05, 0.1) is 6.42 Å². The molecule has 5 nitrogen and oxygen atoms in total. The highest BCUT2D eigenvalue weighted by Gasteiger charge is 2.28. The molecule has 106 valence electrons. The summed E-state index contributed by atoms with van der Waals surface area (Å²) in [5.41, 5.74) is -0.286. The van der Waals surface area contributed by atoms with E-state index in [9.17, 15) is 9.59 Å². The van der Waals surface area contributed by atoms with E-state index in [0.717, 1.165) is 6.42 Å². The number of urea groups is 1. The van der Waals surface area contributed by atoms with Gasteiger partial charge in [0.1, 0.15) is 0 Å². The van der Waals surface area contributed by atoms with Crippen LogP contribution in [0, 0.1) is 11.3 Å². The van der Waals surface area contributed by atoms with Crippen LogP contribution in [0.3, 0.4) is 0 Å². The highest BCUT2D eigenvalue weighted by molar-refractivity contribution is 5.75. The van der Waals surface area contributed by atoms with Crippen molar-refractivity contribution in [2.75, 3.05) is 6.54 Å². The van der Waals surface area contributed by atoms with E-state index in [0.29, 0.717) is 12.5 Å². The Labute approximate surface area is 109 Å². The lowest BCUT2D eigenvalue weighted by Crippen LogP contribution is -2.49. The molecule has 2 unspecified atom stereocenters. The Morgan fingerprint density at radius 1 is 1.28 bits per heavy atom. The van der Waals surface area contributed by atoms with Crippen molar-refractivity contribution < 1.29 is 14.7 Å². The summed E-state index contributed by atoms with van der Waals surface area (Å²) in [5.74, 6) is -0.486. The van der Waals surface area contributed by atoms with E-state index >= 15 is 0 Å². The largest absolute Gasteiger partial charge is 0.481 e. The van der Waals surface area contributed by atoms with Gasteiger partial charge in [-0.2, -0.15) is 0 Å². The van der Waals surface area contributed by atoms with Gasteiger partial charge in [-0.15, -0.1) is 0 Å². The topological polar surface area (TPSA) is 78.4 Å². The molecule has 0 radical (unpaired) electrons. The molecule has 0 heterocycles. The van der Waals surface area contributed by atoms with Gasteiger partial charge < -0.3 is 15.7 Å². The number of carbonyl (C=O) groups excluding carboxylic acids is 1. The van der Waals surface area contributed by atoms with Crippen LogP contribution in [0.1, 0.15) is 47.5 Å². The maximum absolute atomic E-state index is 11.7. The summed E-state index contributed by atoms with van der Waals surface area (Å²) in [6.07, 6.45) is 0.929. The molecule has 0 spiro atoms. The van der Waals surface area contributed by atoms with Crippen LogP contribution in [0.15, 0.2) is 0 Å². The quantitative estimate of drug-likeness (QED) is 0.683. The maximum Gasteiger partial charge on any atom is 0.315 e. The van der Waals surface area contributed by atoms with Gasteiger partial charge in [0.15, 0.2) is 0 Å². The molecule has 18 heavy (non-hydrogen) atoms. The van der Waals surface area contributed by atoms with Crippen molar-refractivity contribution in [3.63, 3.8) is 0 Å². The smallest absolute Gasteiger partial charge is 0.315 e. The fraction of sp³-hybridized carbons (Fsp3) is 0.846. The van der Waals surface area contributed by atoms with E-state index in [1.807, 2.05) is 20.8 Å². The van der Waals surface area contributed by atoms with Gasteiger partial charge >= 0.3 is 12.0 Å². The van der Waals surface area contributed by atoms with Crippen molar-refractivity contribution >= 4 is 12.0 Å². The zero-order chi connectivity index (χ0) is 14.3. The molecular weight excluding hydrogens is 232 g/mol. The Kier molecular flexibility index (Phi) is 6.73. The fourth-order valence-electron chi connectivity index (χ4n) is 1.37. The van der Waals surface area contributed by atoms with Crippen molar-refractivity contribution in [2.24, 2.45) is 11.3 Å². The molecule has 0 aliphatic heterocycles. The number of hydrogen-bond acceptors (Lipinski definition) is 2. The molecule has 2 amide bonds. The first-order valence-corrected chi connectivity index (χ1v) is 6.43. The number of carbonyl (C=O) groups is 2. The number of aliphatic carboxylic acids is 1. The van der Waals surface area contributed by atoms with Crippen molar-refractivity contribution in [1.82, 2.24) is 10.6 Å². The summed E-state index contributed by atoms with van der Waals surface area (Å²) in [6, 6.07) is -0.677. The van der Waals surface area contributed by atoms with Gasteiger partial charge in [-0.05, 0) is 11.3 Å². The van der Waals surface area contributed by atoms with Crippen LogP contribution in [-0.4, -0.2) is 29.7 Å². The minimum atomic E-state index is -0.905. The molecule has 0 aliphatic carbocycles. The number of nitrogens with one attached hydrogen (secondary N) is 2. The minimum Gasteiger partial charge on any atom is -0.481 e. The van der Waals surface area contributed by atoms with E-state index in [4.69, 9.17) is 5.11 Å². The predicted molar refractivity (Wildman–Crippen MR) is 71.5 cm³/mol. The van der Waals surface area contributed by atoms with Crippen LogP contribution in [0.2, 0.25) is 0 Å². The molecule has 2 atom stereocenters. The minimum absolute atomic E-state index is 0.0692. The van der Waals surface area contributed by atoms with Crippen molar-refractivity contribution in [3.8, 4) is 0 Å². The van der Waals surface area contributed by atoms with Crippen LogP contribution in [-0.2, 0) is 4.79 Å². The lowest BCUT2D eigenvalue weighted by Gasteiger charge is -2.30. The van der Waals surface area contributed by atoms with Gasteiger partial charge in [0.2, 0.25) is 0 Å². The van der Waals surface area contributed by atoms with Crippen LogP contribution in [0.25, 0.3) is 0 Å². The van der Waals surface area contributed by atoms with Gasteiger partial charge in [0.25, 0.3) is 0 Å². The monoisotopic (exact) mass is 258 g/mol. The van der Waals surface area contributed by atoms with E-state index in [-0.39, 0.29) is 23.9 Å². The van der Waals surface area contributed by atoms with Crippen molar-refractivity contribution in [2.45, 2.75) is 53.5 Å². The number of rotatable bonds is 6. The summed E-state index contributed by atoms with van der Waals surface area (Å²) < 4.78 is 0. The normalized spacial score (nSPS) is 14.7. The molecule has 3 N–H and O–H groups in total. The lowest BCUT2D eigenvalue weighted by atomic mass is 9.85. The lowest BCUT2D eigenvalue weighted by molar-refractivity contribution is -0.138. The Morgan fingerprint density at radius 2 is 1.83 bits per heavy atom. The molecule has 0 fully saturated rings. The van der Waals surface area contributed by atoms with E-state index < -0.39 is 5.97 Å². The maximum atomic E-state index is 11.7. The van der Waals surface area contributed by atoms with Crippen LogP contribution >= 0.6 is 0 Å². The zero-order valence-electron chi connectivity index (χ0n) is 12.0.